The lowest BCUT2D eigenvalue weighted by Gasteiger charge is -2.08. The van der Waals surface area contributed by atoms with Crippen LogP contribution in [0.4, 0.5) is 5.69 Å². The van der Waals surface area contributed by atoms with Gasteiger partial charge in [0.25, 0.3) is 0 Å². The fourth-order valence-electron chi connectivity index (χ4n) is 1.67. The van der Waals surface area contributed by atoms with Gasteiger partial charge in [0.1, 0.15) is 0 Å². The standard InChI is InChI=1S/C12H13Cl2N3/c1-8-6-16-17(2)12(8)7-15-11-4-9(13)3-10(14)5-11/h3-6,15H,7H2,1-2H3. The Morgan fingerprint density at radius 1 is 1.24 bits per heavy atom. The van der Waals surface area contributed by atoms with Gasteiger partial charge in [-0.15, -0.1) is 0 Å². The van der Waals surface area contributed by atoms with Crippen LogP contribution in [0, 0.1) is 6.92 Å². The van der Waals surface area contributed by atoms with Crippen molar-refractivity contribution < 1.29 is 0 Å². The maximum Gasteiger partial charge on any atom is 0.0600 e. The molecule has 2 rings (SSSR count). The molecule has 90 valence electrons. The highest BCUT2D eigenvalue weighted by Gasteiger charge is 2.04. The number of hydrogen-bond acceptors (Lipinski definition) is 2. The quantitative estimate of drug-likeness (QED) is 0.922. The summed E-state index contributed by atoms with van der Waals surface area (Å²) >= 11 is 11.9. The summed E-state index contributed by atoms with van der Waals surface area (Å²) in [4.78, 5) is 0. The Balaban J connectivity index is 2.12. The van der Waals surface area contributed by atoms with Crippen molar-refractivity contribution in [2.75, 3.05) is 5.32 Å². The fourth-order valence-corrected chi connectivity index (χ4v) is 2.19. The van der Waals surface area contributed by atoms with Crippen molar-refractivity contribution in [1.29, 1.82) is 0 Å². The van der Waals surface area contributed by atoms with Gasteiger partial charge >= 0.3 is 0 Å². The predicted octanol–water partition coefficient (Wildman–Crippen LogP) is 3.65. The highest BCUT2D eigenvalue weighted by atomic mass is 35.5. The predicted molar refractivity (Wildman–Crippen MR) is 71.7 cm³/mol. The van der Waals surface area contributed by atoms with Gasteiger partial charge < -0.3 is 5.32 Å². The summed E-state index contributed by atoms with van der Waals surface area (Å²) in [5.41, 5.74) is 3.21. The topological polar surface area (TPSA) is 29.9 Å². The monoisotopic (exact) mass is 269 g/mol. The van der Waals surface area contributed by atoms with E-state index in [-0.39, 0.29) is 0 Å². The van der Waals surface area contributed by atoms with Crippen LogP contribution in [0.3, 0.4) is 0 Å². The maximum atomic E-state index is 5.93. The molecular weight excluding hydrogens is 257 g/mol. The molecule has 1 N–H and O–H groups in total. The first kappa shape index (κ1) is 12.3. The number of aromatic nitrogens is 2. The zero-order valence-corrected chi connectivity index (χ0v) is 11.2. The van der Waals surface area contributed by atoms with Crippen molar-refractivity contribution in [3.63, 3.8) is 0 Å². The van der Waals surface area contributed by atoms with E-state index in [2.05, 4.69) is 10.4 Å². The molecule has 17 heavy (non-hydrogen) atoms. The highest BCUT2D eigenvalue weighted by molar-refractivity contribution is 6.35. The number of hydrogen-bond donors (Lipinski definition) is 1. The van der Waals surface area contributed by atoms with Gasteiger partial charge in [0.15, 0.2) is 0 Å². The van der Waals surface area contributed by atoms with Crippen LogP contribution in [0.5, 0.6) is 0 Å². The molecule has 1 heterocycles. The lowest BCUT2D eigenvalue weighted by molar-refractivity contribution is 0.719. The molecule has 0 saturated heterocycles. The van der Waals surface area contributed by atoms with E-state index < -0.39 is 0 Å². The summed E-state index contributed by atoms with van der Waals surface area (Å²) in [5.74, 6) is 0. The Bertz CT molecular complexity index is 495. The number of nitrogens with one attached hydrogen (secondary N) is 1. The Morgan fingerprint density at radius 2 is 1.88 bits per heavy atom. The minimum absolute atomic E-state index is 0.627. The van der Waals surface area contributed by atoms with Crippen LogP contribution < -0.4 is 5.32 Å². The van der Waals surface area contributed by atoms with Gasteiger partial charge in [0.2, 0.25) is 0 Å². The molecule has 0 spiro atoms. The highest BCUT2D eigenvalue weighted by Crippen LogP contribution is 2.23. The Kier molecular flexibility index (Phi) is 3.60. The van der Waals surface area contributed by atoms with Gasteiger partial charge in [0.05, 0.1) is 18.4 Å². The summed E-state index contributed by atoms with van der Waals surface area (Å²) in [5, 5.41) is 8.72. The maximum absolute atomic E-state index is 5.93. The third-order valence-electron chi connectivity index (χ3n) is 2.59. The number of aryl methyl sites for hydroxylation is 2. The summed E-state index contributed by atoms with van der Waals surface area (Å²) < 4.78 is 1.86. The average molecular weight is 270 g/mol. The average Bonchev–Trinajstić information content (AvgIpc) is 2.55. The van der Waals surface area contributed by atoms with Crippen LogP contribution in [0.1, 0.15) is 11.3 Å². The Labute approximate surface area is 110 Å². The summed E-state index contributed by atoms with van der Waals surface area (Å²) in [6, 6.07) is 5.40. The van der Waals surface area contributed by atoms with Gasteiger partial charge in [-0.3, -0.25) is 4.68 Å². The van der Waals surface area contributed by atoms with Gasteiger partial charge in [-0.25, -0.2) is 0 Å². The summed E-state index contributed by atoms with van der Waals surface area (Å²) in [7, 11) is 1.93. The van der Waals surface area contributed by atoms with E-state index in [9.17, 15) is 0 Å². The molecule has 0 aliphatic rings. The molecule has 0 aliphatic carbocycles. The van der Waals surface area contributed by atoms with E-state index >= 15 is 0 Å². The van der Waals surface area contributed by atoms with Gasteiger partial charge in [-0.1, -0.05) is 23.2 Å². The second kappa shape index (κ2) is 4.98. The molecule has 2 aromatic rings. The first-order chi connectivity index (χ1) is 8.06. The molecular formula is C12H13Cl2N3. The normalized spacial score (nSPS) is 10.6. The van der Waals surface area contributed by atoms with E-state index in [1.807, 2.05) is 37.0 Å². The Hall–Kier alpha value is -1.19. The molecule has 3 nitrogen and oxygen atoms in total. The van der Waals surface area contributed by atoms with E-state index in [0.29, 0.717) is 16.6 Å². The first-order valence-electron chi connectivity index (χ1n) is 5.23. The van der Waals surface area contributed by atoms with Gasteiger partial charge in [0, 0.05) is 22.8 Å². The fraction of sp³-hybridized carbons (Fsp3) is 0.250. The van der Waals surface area contributed by atoms with E-state index in [1.54, 1.807) is 6.07 Å². The third-order valence-corrected chi connectivity index (χ3v) is 3.03. The molecule has 1 aromatic carbocycles. The van der Waals surface area contributed by atoms with Crippen LogP contribution in [0.15, 0.2) is 24.4 Å². The third kappa shape index (κ3) is 2.93. The minimum Gasteiger partial charge on any atom is -0.379 e. The molecule has 0 saturated carbocycles. The molecule has 0 atom stereocenters. The minimum atomic E-state index is 0.627. The lowest BCUT2D eigenvalue weighted by atomic mass is 10.2. The van der Waals surface area contributed by atoms with Crippen molar-refractivity contribution in [3.05, 3.63) is 45.7 Å². The van der Waals surface area contributed by atoms with E-state index in [4.69, 9.17) is 23.2 Å². The number of nitrogens with zero attached hydrogens (tertiary/aromatic N) is 2. The molecule has 0 radical (unpaired) electrons. The van der Waals surface area contributed by atoms with Crippen LogP contribution in [-0.2, 0) is 13.6 Å². The summed E-state index contributed by atoms with van der Waals surface area (Å²) in [6.45, 7) is 2.73. The van der Waals surface area contributed by atoms with Crippen molar-refractivity contribution >= 4 is 28.9 Å². The van der Waals surface area contributed by atoms with Gasteiger partial charge in [-0.05, 0) is 30.7 Å². The smallest absolute Gasteiger partial charge is 0.0600 e. The molecule has 5 heteroatoms. The van der Waals surface area contributed by atoms with Crippen LogP contribution in [0.2, 0.25) is 10.0 Å². The van der Waals surface area contributed by atoms with Gasteiger partial charge in [-0.2, -0.15) is 5.10 Å². The second-order valence-corrected chi connectivity index (χ2v) is 4.78. The lowest BCUT2D eigenvalue weighted by Crippen LogP contribution is -2.06. The van der Waals surface area contributed by atoms with E-state index in [0.717, 1.165) is 16.9 Å². The van der Waals surface area contributed by atoms with Crippen LogP contribution in [0.25, 0.3) is 0 Å². The first-order valence-corrected chi connectivity index (χ1v) is 5.99. The zero-order chi connectivity index (χ0) is 12.4. The number of anilines is 1. The Morgan fingerprint density at radius 3 is 2.41 bits per heavy atom. The van der Waals surface area contributed by atoms with Crippen LogP contribution in [-0.4, -0.2) is 9.78 Å². The number of halogens is 2. The number of rotatable bonds is 3. The SMILES string of the molecule is Cc1cnn(C)c1CNc1cc(Cl)cc(Cl)c1. The second-order valence-electron chi connectivity index (χ2n) is 3.91. The molecule has 0 amide bonds. The largest absolute Gasteiger partial charge is 0.379 e. The molecule has 0 bridgehead atoms. The van der Waals surface area contributed by atoms with E-state index in [1.165, 1.54) is 0 Å². The number of benzene rings is 1. The van der Waals surface area contributed by atoms with Crippen molar-refractivity contribution in [3.8, 4) is 0 Å². The molecule has 0 unspecified atom stereocenters. The van der Waals surface area contributed by atoms with Crippen molar-refractivity contribution in [2.45, 2.75) is 13.5 Å². The molecule has 0 aliphatic heterocycles. The summed E-state index contributed by atoms with van der Waals surface area (Å²) in [6.07, 6.45) is 1.85. The zero-order valence-electron chi connectivity index (χ0n) is 9.67. The van der Waals surface area contributed by atoms with Crippen LogP contribution >= 0.6 is 23.2 Å². The van der Waals surface area contributed by atoms with Crippen molar-refractivity contribution in [2.24, 2.45) is 7.05 Å². The van der Waals surface area contributed by atoms with Crippen molar-refractivity contribution in [1.82, 2.24) is 9.78 Å². The molecule has 0 fully saturated rings. The molecule has 1 aromatic heterocycles.